The maximum atomic E-state index is 10.9. The first kappa shape index (κ1) is 7.28. The summed E-state index contributed by atoms with van der Waals surface area (Å²) in [7, 11) is 1.34. The van der Waals surface area contributed by atoms with Gasteiger partial charge in [0.05, 0.1) is 7.11 Å². The summed E-state index contributed by atoms with van der Waals surface area (Å²) in [5.74, 6) is -0.225. The lowest BCUT2D eigenvalue weighted by molar-refractivity contribution is -0.143. The zero-order valence-electron chi connectivity index (χ0n) is 5.96. The first-order valence-corrected chi connectivity index (χ1v) is 3.15. The van der Waals surface area contributed by atoms with Crippen molar-refractivity contribution in [2.75, 3.05) is 7.11 Å². The molecule has 0 unspecified atom stereocenters. The molecule has 0 aliphatic heterocycles. The van der Waals surface area contributed by atoms with E-state index in [2.05, 4.69) is 11.3 Å². The van der Waals surface area contributed by atoms with E-state index < -0.39 is 5.54 Å². The van der Waals surface area contributed by atoms with Crippen LogP contribution in [-0.2, 0) is 9.53 Å². The summed E-state index contributed by atoms with van der Waals surface area (Å²) in [4.78, 5) is 10.9. The van der Waals surface area contributed by atoms with Gasteiger partial charge in [0.25, 0.3) is 0 Å². The number of carbonyl (C=O) groups excluding carboxylic acids is 1. The van der Waals surface area contributed by atoms with Crippen molar-refractivity contribution >= 4 is 5.97 Å². The molecule has 1 saturated carbocycles. The highest BCUT2D eigenvalue weighted by molar-refractivity contribution is 5.85. The van der Waals surface area contributed by atoms with E-state index in [0.29, 0.717) is 6.42 Å². The quantitative estimate of drug-likeness (QED) is 0.437. The Kier molecular flexibility index (Phi) is 1.52. The maximum Gasteiger partial charge on any atom is 0.326 e. The Morgan fingerprint density at radius 2 is 2.60 bits per heavy atom. The normalized spacial score (nSPS) is 36.8. The van der Waals surface area contributed by atoms with Gasteiger partial charge in [-0.2, -0.15) is 0 Å². The average molecular weight is 141 g/mol. The summed E-state index contributed by atoms with van der Waals surface area (Å²) in [5.41, 5.74) is 4.86. The van der Waals surface area contributed by atoms with Crippen LogP contribution in [0.5, 0.6) is 0 Å². The molecule has 1 aliphatic carbocycles. The minimum Gasteiger partial charge on any atom is -0.468 e. The number of rotatable bonds is 2. The Hall–Kier alpha value is -0.830. The highest BCUT2D eigenvalue weighted by Crippen LogP contribution is 2.42. The molecule has 56 valence electrons. The molecule has 0 radical (unpaired) electrons. The second-order valence-corrected chi connectivity index (χ2v) is 2.58. The average Bonchev–Trinajstić information content (AvgIpc) is 2.61. The predicted molar refractivity (Wildman–Crippen MR) is 37.2 cm³/mol. The number of carbonyl (C=O) groups is 1. The summed E-state index contributed by atoms with van der Waals surface area (Å²) >= 11 is 0. The molecule has 0 aromatic carbocycles. The van der Waals surface area contributed by atoms with Crippen LogP contribution < -0.4 is 5.73 Å². The van der Waals surface area contributed by atoms with Crippen LogP contribution >= 0.6 is 0 Å². The summed E-state index contributed by atoms with van der Waals surface area (Å²) in [6.45, 7) is 3.55. The van der Waals surface area contributed by atoms with E-state index in [9.17, 15) is 4.79 Å². The SMILES string of the molecule is C=C[C@@H]1C[C@@]1(N)C(=O)OC. The van der Waals surface area contributed by atoms with Crippen molar-refractivity contribution in [3.05, 3.63) is 12.7 Å². The van der Waals surface area contributed by atoms with Crippen LogP contribution in [0.4, 0.5) is 0 Å². The zero-order chi connectivity index (χ0) is 7.78. The van der Waals surface area contributed by atoms with Crippen molar-refractivity contribution in [2.45, 2.75) is 12.0 Å². The van der Waals surface area contributed by atoms with E-state index in [1.165, 1.54) is 7.11 Å². The number of esters is 1. The van der Waals surface area contributed by atoms with Gasteiger partial charge in [-0.1, -0.05) is 6.08 Å². The molecule has 0 heterocycles. The third-order valence-corrected chi connectivity index (χ3v) is 1.91. The predicted octanol–water partition coefficient (Wildman–Crippen LogP) is 0.0628. The minimum absolute atomic E-state index is 0.111. The molecule has 3 heteroatoms. The van der Waals surface area contributed by atoms with Crippen LogP contribution in [0.3, 0.4) is 0 Å². The zero-order valence-corrected chi connectivity index (χ0v) is 5.96. The molecule has 1 rings (SSSR count). The van der Waals surface area contributed by atoms with E-state index >= 15 is 0 Å². The van der Waals surface area contributed by atoms with Crippen LogP contribution in [-0.4, -0.2) is 18.6 Å². The molecular weight excluding hydrogens is 130 g/mol. The second kappa shape index (κ2) is 2.09. The monoisotopic (exact) mass is 141 g/mol. The fourth-order valence-electron chi connectivity index (χ4n) is 1.02. The topological polar surface area (TPSA) is 52.3 Å². The Bertz CT molecular complexity index is 178. The standard InChI is InChI=1S/C7H11NO2/c1-3-5-4-7(5,8)6(9)10-2/h3,5H,1,4,8H2,2H3/t5-,7+/m1/s1. The van der Waals surface area contributed by atoms with Gasteiger partial charge in [0.2, 0.25) is 0 Å². The molecule has 1 aliphatic rings. The molecule has 10 heavy (non-hydrogen) atoms. The minimum atomic E-state index is -0.753. The van der Waals surface area contributed by atoms with Crippen molar-refractivity contribution in [2.24, 2.45) is 11.7 Å². The summed E-state index contributed by atoms with van der Waals surface area (Å²) < 4.78 is 4.50. The lowest BCUT2D eigenvalue weighted by atomic mass is 10.2. The highest BCUT2D eigenvalue weighted by atomic mass is 16.5. The summed E-state index contributed by atoms with van der Waals surface area (Å²) in [5, 5.41) is 0. The molecule has 2 N–H and O–H groups in total. The second-order valence-electron chi connectivity index (χ2n) is 2.58. The van der Waals surface area contributed by atoms with Crippen LogP contribution in [0.2, 0.25) is 0 Å². The molecule has 0 aromatic rings. The number of methoxy groups -OCH3 is 1. The molecular formula is C7H11NO2. The first-order valence-electron chi connectivity index (χ1n) is 3.15. The van der Waals surface area contributed by atoms with Crippen molar-refractivity contribution < 1.29 is 9.53 Å². The largest absolute Gasteiger partial charge is 0.468 e. The van der Waals surface area contributed by atoms with Gasteiger partial charge in [-0.05, 0) is 6.42 Å². The number of hydrogen-bond acceptors (Lipinski definition) is 3. The Labute approximate surface area is 59.8 Å². The Morgan fingerprint density at radius 3 is 2.90 bits per heavy atom. The Balaban J connectivity index is 2.58. The van der Waals surface area contributed by atoms with Gasteiger partial charge in [-0.3, -0.25) is 4.79 Å². The van der Waals surface area contributed by atoms with Gasteiger partial charge < -0.3 is 10.5 Å². The van der Waals surface area contributed by atoms with Gasteiger partial charge in [-0.15, -0.1) is 6.58 Å². The summed E-state index contributed by atoms with van der Waals surface area (Å²) in [6, 6.07) is 0. The lowest BCUT2D eigenvalue weighted by Gasteiger charge is -2.05. The van der Waals surface area contributed by atoms with Gasteiger partial charge in [-0.25, -0.2) is 0 Å². The fourth-order valence-corrected chi connectivity index (χ4v) is 1.02. The maximum absolute atomic E-state index is 10.9. The molecule has 0 aromatic heterocycles. The van der Waals surface area contributed by atoms with Gasteiger partial charge >= 0.3 is 5.97 Å². The van der Waals surface area contributed by atoms with Crippen molar-refractivity contribution in [1.82, 2.24) is 0 Å². The number of ether oxygens (including phenoxy) is 1. The van der Waals surface area contributed by atoms with Crippen LogP contribution in [0.25, 0.3) is 0 Å². The van der Waals surface area contributed by atoms with E-state index in [1.54, 1.807) is 6.08 Å². The molecule has 3 nitrogen and oxygen atoms in total. The molecule has 0 amide bonds. The number of nitrogens with two attached hydrogens (primary N) is 1. The molecule has 1 fully saturated rings. The first-order chi connectivity index (χ1) is 4.65. The lowest BCUT2D eigenvalue weighted by Crippen LogP contribution is -2.36. The third kappa shape index (κ3) is 0.827. The van der Waals surface area contributed by atoms with Crippen LogP contribution in [0.15, 0.2) is 12.7 Å². The molecule has 0 spiro atoms. The van der Waals surface area contributed by atoms with E-state index in [-0.39, 0.29) is 11.9 Å². The van der Waals surface area contributed by atoms with E-state index in [1.807, 2.05) is 0 Å². The van der Waals surface area contributed by atoms with Crippen LogP contribution in [0.1, 0.15) is 6.42 Å². The fraction of sp³-hybridized carbons (Fsp3) is 0.571. The smallest absolute Gasteiger partial charge is 0.326 e. The molecule has 0 bridgehead atoms. The van der Waals surface area contributed by atoms with E-state index in [0.717, 1.165) is 0 Å². The van der Waals surface area contributed by atoms with Gasteiger partial charge in [0.15, 0.2) is 0 Å². The third-order valence-electron chi connectivity index (χ3n) is 1.91. The van der Waals surface area contributed by atoms with E-state index in [4.69, 9.17) is 5.73 Å². The number of hydrogen-bond donors (Lipinski definition) is 1. The van der Waals surface area contributed by atoms with Crippen molar-refractivity contribution in [3.63, 3.8) is 0 Å². The molecule has 0 saturated heterocycles. The summed E-state index contributed by atoms with van der Waals surface area (Å²) in [6.07, 6.45) is 2.36. The van der Waals surface area contributed by atoms with Crippen molar-refractivity contribution in [1.29, 1.82) is 0 Å². The van der Waals surface area contributed by atoms with Crippen LogP contribution in [0, 0.1) is 5.92 Å². The highest BCUT2D eigenvalue weighted by Gasteiger charge is 2.56. The van der Waals surface area contributed by atoms with Gasteiger partial charge in [0, 0.05) is 5.92 Å². The Morgan fingerprint density at radius 1 is 2.00 bits per heavy atom. The van der Waals surface area contributed by atoms with Gasteiger partial charge in [0.1, 0.15) is 5.54 Å². The van der Waals surface area contributed by atoms with Crippen molar-refractivity contribution in [3.8, 4) is 0 Å². The molecule has 2 atom stereocenters.